The predicted molar refractivity (Wildman–Crippen MR) is 145 cm³/mol. The van der Waals surface area contributed by atoms with Gasteiger partial charge in [-0.25, -0.2) is 0 Å². The van der Waals surface area contributed by atoms with E-state index >= 15 is 0 Å². The Labute approximate surface area is 216 Å². The van der Waals surface area contributed by atoms with Gasteiger partial charge in [-0.3, -0.25) is 9.59 Å². The number of rotatable bonds is 8. The van der Waals surface area contributed by atoms with E-state index < -0.39 is 0 Å². The molecule has 0 radical (unpaired) electrons. The summed E-state index contributed by atoms with van der Waals surface area (Å²) in [5.41, 5.74) is 12.3. The highest BCUT2D eigenvalue weighted by atomic mass is 79.9. The Balaban J connectivity index is 1.28. The van der Waals surface area contributed by atoms with E-state index in [4.69, 9.17) is 5.73 Å². The van der Waals surface area contributed by atoms with Gasteiger partial charge in [0.25, 0.3) is 0 Å². The maximum absolute atomic E-state index is 12.7. The number of nitrogens with one attached hydrogen (secondary N) is 2. The van der Waals surface area contributed by atoms with Crippen LogP contribution in [-0.4, -0.2) is 18.4 Å². The summed E-state index contributed by atoms with van der Waals surface area (Å²) in [6.07, 6.45) is 4.50. The molecule has 0 saturated heterocycles. The molecule has 7 heteroatoms. The van der Waals surface area contributed by atoms with Crippen LogP contribution in [0.25, 0.3) is 16.7 Å². The fraction of sp³-hybridized carbons (Fsp3) is 0.185. The third kappa shape index (κ3) is 5.77. The van der Waals surface area contributed by atoms with Crippen molar-refractivity contribution in [3.63, 3.8) is 0 Å². The van der Waals surface area contributed by atoms with Crippen molar-refractivity contribution in [1.29, 1.82) is 0 Å². The van der Waals surface area contributed by atoms with E-state index in [2.05, 4.69) is 66.8 Å². The molecule has 0 heterocycles. The standard InChI is InChI=1S/C27H25Br2N3O2/c28-17-9-11-19-20-12-10-18(29)15-22(20)23(21(19)14-17)16-27(34)31-13-5-1-2-8-26(33)32-25-7-4-3-6-24(25)30/h3-4,6-7,9-12,14-16H,1-2,5,8,13,30H2,(H,31,34)(H,32,33). The highest BCUT2D eigenvalue weighted by molar-refractivity contribution is 9.10. The number of nitrogen functional groups attached to an aromatic ring is 1. The largest absolute Gasteiger partial charge is 0.397 e. The first-order valence-corrected chi connectivity index (χ1v) is 12.7. The molecule has 3 aromatic carbocycles. The normalized spacial score (nSPS) is 11.5. The molecule has 1 aliphatic carbocycles. The van der Waals surface area contributed by atoms with Gasteiger partial charge in [-0.2, -0.15) is 0 Å². The molecular weight excluding hydrogens is 558 g/mol. The minimum Gasteiger partial charge on any atom is -0.397 e. The van der Waals surface area contributed by atoms with E-state index in [-0.39, 0.29) is 11.8 Å². The van der Waals surface area contributed by atoms with Gasteiger partial charge in [0.1, 0.15) is 0 Å². The average molecular weight is 583 g/mol. The Morgan fingerprint density at radius 1 is 0.824 bits per heavy atom. The van der Waals surface area contributed by atoms with E-state index in [1.807, 2.05) is 24.3 Å². The monoisotopic (exact) mass is 581 g/mol. The number of hydrogen-bond acceptors (Lipinski definition) is 3. The molecule has 0 aliphatic heterocycles. The lowest BCUT2D eigenvalue weighted by Gasteiger charge is -2.08. The van der Waals surface area contributed by atoms with Gasteiger partial charge in [0.05, 0.1) is 11.4 Å². The predicted octanol–water partition coefficient (Wildman–Crippen LogP) is 6.52. The Morgan fingerprint density at radius 3 is 2.12 bits per heavy atom. The van der Waals surface area contributed by atoms with Crippen molar-refractivity contribution in [2.45, 2.75) is 25.7 Å². The summed E-state index contributed by atoms with van der Waals surface area (Å²) in [4.78, 5) is 24.8. The number of nitrogens with two attached hydrogens (primary N) is 1. The SMILES string of the molecule is Nc1ccccc1NC(=O)CCCCCNC(=O)C=C1c2cc(Br)ccc2-c2ccc(Br)cc21. The summed E-state index contributed by atoms with van der Waals surface area (Å²) in [5, 5.41) is 5.82. The summed E-state index contributed by atoms with van der Waals surface area (Å²) >= 11 is 7.09. The summed E-state index contributed by atoms with van der Waals surface area (Å²) in [6, 6.07) is 19.5. The van der Waals surface area contributed by atoms with Gasteiger partial charge in [-0.05, 0) is 77.1 Å². The van der Waals surface area contributed by atoms with Crippen LogP contribution in [-0.2, 0) is 9.59 Å². The van der Waals surface area contributed by atoms with Gasteiger partial charge in [0.15, 0.2) is 0 Å². The van der Waals surface area contributed by atoms with Crippen LogP contribution in [0.2, 0.25) is 0 Å². The number of halogens is 2. The number of para-hydroxylation sites is 2. The Bertz CT molecular complexity index is 1220. The second kappa shape index (κ2) is 11.0. The summed E-state index contributed by atoms with van der Waals surface area (Å²) < 4.78 is 1.95. The van der Waals surface area contributed by atoms with Gasteiger partial charge < -0.3 is 16.4 Å². The summed E-state index contributed by atoms with van der Waals surface area (Å²) in [5.74, 6) is -0.173. The van der Waals surface area contributed by atoms with Crippen molar-refractivity contribution in [1.82, 2.24) is 5.32 Å². The van der Waals surface area contributed by atoms with E-state index in [0.717, 1.165) is 56.0 Å². The summed E-state index contributed by atoms with van der Waals surface area (Å²) in [7, 11) is 0. The molecule has 0 spiro atoms. The van der Waals surface area contributed by atoms with Crippen molar-refractivity contribution < 1.29 is 9.59 Å². The van der Waals surface area contributed by atoms with Gasteiger partial charge in [0, 0.05) is 28.0 Å². The van der Waals surface area contributed by atoms with E-state index in [0.29, 0.717) is 24.3 Å². The Morgan fingerprint density at radius 2 is 1.47 bits per heavy atom. The molecule has 4 rings (SSSR count). The highest BCUT2D eigenvalue weighted by Gasteiger charge is 2.24. The summed E-state index contributed by atoms with van der Waals surface area (Å²) in [6.45, 7) is 0.562. The third-order valence-electron chi connectivity index (χ3n) is 5.72. The Hall–Kier alpha value is -2.90. The fourth-order valence-electron chi connectivity index (χ4n) is 4.05. The molecule has 0 atom stereocenters. The number of carbonyl (C=O) groups excluding carboxylic acids is 2. The molecule has 4 N–H and O–H groups in total. The van der Waals surface area contributed by atoms with Gasteiger partial charge >= 0.3 is 0 Å². The van der Waals surface area contributed by atoms with Gasteiger partial charge in [0.2, 0.25) is 11.8 Å². The average Bonchev–Trinajstić information content (AvgIpc) is 3.09. The lowest BCUT2D eigenvalue weighted by Crippen LogP contribution is -2.22. The second-order valence-electron chi connectivity index (χ2n) is 8.17. The van der Waals surface area contributed by atoms with Crippen molar-refractivity contribution in [3.8, 4) is 11.1 Å². The lowest BCUT2D eigenvalue weighted by atomic mass is 10.0. The minimum absolute atomic E-state index is 0.0532. The smallest absolute Gasteiger partial charge is 0.244 e. The van der Waals surface area contributed by atoms with Crippen molar-refractivity contribution in [2.24, 2.45) is 0 Å². The molecular formula is C27H25Br2N3O2. The molecule has 0 bridgehead atoms. The maximum Gasteiger partial charge on any atom is 0.244 e. The number of amides is 2. The molecule has 5 nitrogen and oxygen atoms in total. The molecule has 2 amide bonds. The van der Waals surface area contributed by atoms with Crippen LogP contribution in [0.4, 0.5) is 11.4 Å². The van der Waals surface area contributed by atoms with Crippen LogP contribution in [0.1, 0.15) is 36.8 Å². The number of carbonyl (C=O) groups is 2. The molecule has 0 aromatic heterocycles. The minimum atomic E-state index is -0.119. The number of anilines is 2. The van der Waals surface area contributed by atoms with Crippen molar-refractivity contribution >= 4 is 60.6 Å². The van der Waals surface area contributed by atoms with Crippen LogP contribution in [0.3, 0.4) is 0 Å². The van der Waals surface area contributed by atoms with Crippen LogP contribution in [0.15, 0.2) is 75.7 Å². The van der Waals surface area contributed by atoms with Crippen molar-refractivity contribution in [3.05, 3.63) is 86.8 Å². The molecule has 0 saturated carbocycles. The first kappa shape index (κ1) is 24.2. The molecule has 3 aromatic rings. The van der Waals surface area contributed by atoms with Gasteiger partial charge in [-0.1, -0.05) is 62.5 Å². The molecule has 0 unspecified atom stereocenters. The van der Waals surface area contributed by atoms with E-state index in [9.17, 15) is 9.59 Å². The number of benzene rings is 3. The van der Waals surface area contributed by atoms with Crippen LogP contribution < -0.4 is 16.4 Å². The topological polar surface area (TPSA) is 84.2 Å². The third-order valence-corrected chi connectivity index (χ3v) is 6.71. The van der Waals surface area contributed by atoms with Crippen molar-refractivity contribution in [2.75, 3.05) is 17.6 Å². The molecule has 0 fully saturated rings. The highest BCUT2D eigenvalue weighted by Crippen LogP contribution is 2.45. The fourth-order valence-corrected chi connectivity index (χ4v) is 4.78. The quantitative estimate of drug-likeness (QED) is 0.126. The first-order valence-electron chi connectivity index (χ1n) is 11.2. The number of unbranched alkanes of at least 4 members (excludes halogenated alkanes) is 2. The zero-order chi connectivity index (χ0) is 24.1. The lowest BCUT2D eigenvalue weighted by molar-refractivity contribution is -0.117. The van der Waals surface area contributed by atoms with E-state index in [1.54, 1.807) is 18.2 Å². The first-order chi connectivity index (χ1) is 16.4. The zero-order valence-electron chi connectivity index (χ0n) is 18.5. The van der Waals surface area contributed by atoms with Crippen LogP contribution >= 0.6 is 31.9 Å². The molecule has 174 valence electrons. The molecule has 1 aliphatic rings. The van der Waals surface area contributed by atoms with Crippen LogP contribution in [0.5, 0.6) is 0 Å². The number of hydrogen-bond donors (Lipinski definition) is 3. The molecule has 34 heavy (non-hydrogen) atoms. The maximum atomic E-state index is 12.7. The zero-order valence-corrected chi connectivity index (χ0v) is 21.7. The Kier molecular flexibility index (Phi) is 7.85. The van der Waals surface area contributed by atoms with Crippen LogP contribution in [0, 0.1) is 0 Å². The number of fused-ring (bicyclic) bond motifs is 3. The van der Waals surface area contributed by atoms with E-state index in [1.165, 1.54) is 0 Å². The van der Waals surface area contributed by atoms with Gasteiger partial charge in [-0.15, -0.1) is 0 Å². The second-order valence-corrected chi connectivity index (χ2v) is 10.0.